The van der Waals surface area contributed by atoms with Crippen molar-refractivity contribution in [2.75, 3.05) is 31.1 Å². The first-order valence-electron chi connectivity index (χ1n) is 13.6. The molecule has 220 valence electrons. The van der Waals surface area contributed by atoms with Gasteiger partial charge < -0.3 is 20.3 Å². The highest BCUT2D eigenvalue weighted by Gasteiger charge is 2.35. The lowest BCUT2D eigenvalue weighted by Gasteiger charge is -2.31. The predicted molar refractivity (Wildman–Crippen MR) is 159 cm³/mol. The molecule has 1 saturated heterocycles. The average molecular weight is 586 g/mol. The average Bonchev–Trinajstić information content (AvgIpc) is 3.12. The number of fused-ring (bicyclic) bond motifs is 1. The number of carbonyl (C=O) groups excluding carboxylic acids is 2. The van der Waals surface area contributed by atoms with Crippen LogP contribution in [-0.2, 0) is 9.53 Å². The highest BCUT2D eigenvalue weighted by molar-refractivity contribution is 6.31. The van der Waals surface area contributed by atoms with Crippen LogP contribution in [-0.4, -0.2) is 58.2 Å². The van der Waals surface area contributed by atoms with Gasteiger partial charge in [-0.05, 0) is 69.0 Å². The molecule has 1 aliphatic rings. The summed E-state index contributed by atoms with van der Waals surface area (Å²) in [6, 6.07) is 8.37. The number of carbonyl (C=O) groups is 2. The smallest absolute Gasteiger partial charge is 0.410 e. The monoisotopic (exact) mass is 585 g/mol. The number of nitrogens with zero attached hydrogens (tertiary/aromatic N) is 4. The molecule has 0 saturated carbocycles. The molecule has 1 aromatic heterocycles. The van der Waals surface area contributed by atoms with Crippen LogP contribution in [0.4, 0.5) is 14.9 Å². The number of amides is 2. The lowest BCUT2D eigenvalue weighted by Crippen LogP contribution is -2.42. The number of ether oxygens (including phenoxy) is 1. The molecule has 1 atom stereocenters. The number of hydrogen-bond acceptors (Lipinski definition) is 6. The zero-order valence-electron chi connectivity index (χ0n) is 24.3. The van der Waals surface area contributed by atoms with Crippen LogP contribution in [0.2, 0.25) is 5.02 Å². The van der Waals surface area contributed by atoms with Crippen molar-refractivity contribution in [1.29, 1.82) is 0 Å². The molecule has 0 aliphatic carbocycles. The molecule has 0 spiro atoms. The van der Waals surface area contributed by atoms with Crippen molar-refractivity contribution in [2.45, 2.75) is 59.6 Å². The zero-order chi connectivity index (χ0) is 30.3. The van der Waals surface area contributed by atoms with Crippen molar-refractivity contribution in [3.63, 3.8) is 0 Å². The molecule has 0 bridgehead atoms. The van der Waals surface area contributed by atoms with Crippen molar-refractivity contribution >= 4 is 40.2 Å². The van der Waals surface area contributed by atoms with Gasteiger partial charge in [-0.1, -0.05) is 32.4 Å². The first-order valence-corrected chi connectivity index (χ1v) is 14.0. The van der Waals surface area contributed by atoms with Crippen molar-refractivity contribution < 1.29 is 18.7 Å². The summed E-state index contributed by atoms with van der Waals surface area (Å²) < 4.78 is 20.8. The Bertz CT molecular complexity index is 1540. The van der Waals surface area contributed by atoms with Gasteiger partial charge in [-0.2, -0.15) is 0 Å². The van der Waals surface area contributed by atoms with E-state index in [9.17, 15) is 18.8 Å². The molecule has 2 amide bonds. The molecule has 2 N–H and O–H groups in total. The SMILES string of the molecule is CC(C)(C)OC(=O)N1CCCN(c2ccc3nc(-c4ccc(F)c(Cl)c4)n(C(C(N)=O)C(C)(C)C)c(=O)c3c2)CC1. The highest BCUT2D eigenvalue weighted by atomic mass is 35.5. The van der Waals surface area contributed by atoms with E-state index in [1.165, 1.54) is 22.8 Å². The minimum Gasteiger partial charge on any atom is -0.444 e. The molecule has 1 unspecified atom stereocenters. The van der Waals surface area contributed by atoms with Crippen LogP contribution in [0.3, 0.4) is 0 Å². The number of hydrogen-bond donors (Lipinski definition) is 1. The summed E-state index contributed by atoms with van der Waals surface area (Å²) in [5.41, 5.74) is 5.66. The fourth-order valence-electron chi connectivity index (χ4n) is 5.09. The maximum atomic E-state index is 14.2. The van der Waals surface area contributed by atoms with Gasteiger partial charge in [-0.25, -0.2) is 14.2 Å². The van der Waals surface area contributed by atoms with Gasteiger partial charge in [0.1, 0.15) is 23.3 Å². The van der Waals surface area contributed by atoms with E-state index in [1.54, 1.807) is 17.0 Å². The van der Waals surface area contributed by atoms with E-state index in [4.69, 9.17) is 27.1 Å². The van der Waals surface area contributed by atoms with Gasteiger partial charge in [0.15, 0.2) is 0 Å². The first kappa shape index (κ1) is 30.3. The Kier molecular flexibility index (Phi) is 8.36. The van der Waals surface area contributed by atoms with Gasteiger partial charge in [0, 0.05) is 37.4 Å². The summed E-state index contributed by atoms with van der Waals surface area (Å²) in [6.45, 7) is 13.2. The van der Waals surface area contributed by atoms with Crippen molar-refractivity contribution in [3.8, 4) is 11.4 Å². The van der Waals surface area contributed by atoms with Crippen LogP contribution in [0.15, 0.2) is 41.2 Å². The van der Waals surface area contributed by atoms with E-state index in [0.29, 0.717) is 42.6 Å². The molecule has 41 heavy (non-hydrogen) atoms. The number of primary amides is 1. The molecule has 0 radical (unpaired) electrons. The number of nitrogens with two attached hydrogens (primary N) is 1. The molecule has 9 nitrogen and oxygen atoms in total. The van der Waals surface area contributed by atoms with E-state index in [-0.39, 0.29) is 16.9 Å². The third kappa shape index (κ3) is 6.64. The third-order valence-electron chi connectivity index (χ3n) is 6.92. The van der Waals surface area contributed by atoms with Crippen LogP contribution < -0.4 is 16.2 Å². The Labute approximate surface area is 244 Å². The quantitative estimate of drug-likeness (QED) is 0.440. The zero-order valence-corrected chi connectivity index (χ0v) is 25.1. The lowest BCUT2D eigenvalue weighted by atomic mass is 9.85. The minimum absolute atomic E-state index is 0.133. The van der Waals surface area contributed by atoms with E-state index in [1.807, 2.05) is 47.6 Å². The predicted octanol–water partition coefficient (Wildman–Crippen LogP) is 5.38. The van der Waals surface area contributed by atoms with E-state index in [0.717, 1.165) is 12.1 Å². The summed E-state index contributed by atoms with van der Waals surface area (Å²) in [7, 11) is 0. The van der Waals surface area contributed by atoms with Gasteiger partial charge >= 0.3 is 6.09 Å². The van der Waals surface area contributed by atoms with Gasteiger partial charge in [0.2, 0.25) is 5.91 Å². The maximum absolute atomic E-state index is 14.2. The molecule has 1 fully saturated rings. The second-order valence-electron chi connectivity index (χ2n) is 12.4. The van der Waals surface area contributed by atoms with Crippen LogP contribution in [0.25, 0.3) is 22.3 Å². The minimum atomic E-state index is -1.05. The normalized spacial score (nSPS) is 15.5. The van der Waals surface area contributed by atoms with E-state index >= 15 is 0 Å². The standard InChI is InChI=1S/C30H37ClFN5O4/c1-29(2,3)24(25(33)38)37-26(18-8-10-22(32)21(31)16-18)34-23-11-9-19(17-20(23)27(37)39)35-12-7-13-36(15-14-35)28(40)41-30(4,5)6/h8-11,16-17,24H,7,12-15H2,1-6H3,(H2,33,38). The molecule has 2 aromatic carbocycles. The van der Waals surface area contributed by atoms with Gasteiger partial charge in [-0.3, -0.25) is 14.2 Å². The number of aromatic nitrogens is 2. The van der Waals surface area contributed by atoms with Crippen molar-refractivity contribution in [2.24, 2.45) is 11.1 Å². The Balaban J connectivity index is 1.80. The number of halogens is 2. The van der Waals surface area contributed by atoms with Gasteiger partial charge in [0.25, 0.3) is 5.56 Å². The van der Waals surface area contributed by atoms with Crippen LogP contribution in [0.5, 0.6) is 0 Å². The fraction of sp³-hybridized carbons (Fsp3) is 0.467. The lowest BCUT2D eigenvalue weighted by molar-refractivity contribution is -0.124. The first-order chi connectivity index (χ1) is 19.1. The summed E-state index contributed by atoms with van der Waals surface area (Å²) in [5.74, 6) is -1.14. The molecule has 3 aromatic rings. The molecular weight excluding hydrogens is 549 g/mol. The van der Waals surface area contributed by atoms with Gasteiger partial charge in [0.05, 0.1) is 15.9 Å². The summed E-state index contributed by atoms with van der Waals surface area (Å²) in [6.07, 6.45) is 0.371. The van der Waals surface area contributed by atoms with Crippen LogP contribution in [0, 0.1) is 11.2 Å². The summed E-state index contributed by atoms with van der Waals surface area (Å²) in [4.78, 5) is 48.1. The Morgan fingerprint density at radius 2 is 1.73 bits per heavy atom. The number of rotatable bonds is 4. The molecule has 11 heteroatoms. The largest absolute Gasteiger partial charge is 0.444 e. The highest BCUT2D eigenvalue weighted by Crippen LogP contribution is 2.34. The van der Waals surface area contributed by atoms with Crippen molar-refractivity contribution in [1.82, 2.24) is 14.5 Å². The van der Waals surface area contributed by atoms with E-state index < -0.39 is 34.3 Å². The third-order valence-corrected chi connectivity index (χ3v) is 7.21. The Morgan fingerprint density at radius 3 is 2.34 bits per heavy atom. The van der Waals surface area contributed by atoms with E-state index in [2.05, 4.69) is 4.90 Å². The second-order valence-corrected chi connectivity index (χ2v) is 12.8. The Hall–Kier alpha value is -3.66. The molecule has 1 aliphatic heterocycles. The van der Waals surface area contributed by atoms with Gasteiger partial charge in [-0.15, -0.1) is 0 Å². The topological polar surface area (TPSA) is 111 Å². The van der Waals surface area contributed by atoms with Crippen LogP contribution in [0.1, 0.15) is 54.0 Å². The number of benzene rings is 2. The summed E-state index contributed by atoms with van der Waals surface area (Å²) in [5, 5.41) is 0.176. The second kappa shape index (κ2) is 11.3. The summed E-state index contributed by atoms with van der Waals surface area (Å²) >= 11 is 6.07. The molecular formula is C30H37ClFN5O4. The molecule has 4 rings (SSSR count). The number of anilines is 1. The Morgan fingerprint density at radius 1 is 1.02 bits per heavy atom. The van der Waals surface area contributed by atoms with Crippen LogP contribution >= 0.6 is 11.6 Å². The van der Waals surface area contributed by atoms with Crippen molar-refractivity contribution in [3.05, 3.63) is 57.6 Å². The molecule has 2 heterocycles. The fourth-order valence-corrected chi connectivity index (χ4v) is 5.27. The maximum Gasteiger partial charge on any atom is 0.410 e.